The Morgan fingerprint density at radius 3 is 2.69 bits per heavy atom. The zero-order valence-corrected chi connectivity index (χ0v) is 15.1. The summed E-state index contributed by atoms with van der Waals surface area (Å²) in [5.41, 5.74) is 2.22. The SMILES string of the molecule is CC(C)(C)c1cc(=O)[nH]c2cc(NC(=O)c3cc(C4CC4)on3)ccc12. The quantitative estimate of drug-likeness (QED) is 0.748. The highest BCUT2D eigenvalue weighted by atomic mass is 16.5. The van der Waals surface area contributed by atoms with E-state index in [2.05, 4.69) is 36.2 Å². The molecule has 0 bridgehead atoms. The Hall–Kier alpha value is -2.89. The lowest BCUT2D eigenvalue weighted by Gasteiger charge is -2.21. The summed E-state index contributed by atoms with van der Waals surface area (Å²) in [7, 11) is 0. The molecule has 6 heteroatoms. The lowest BCUT2D eigenvalue weighted by Crippen LogP contribution is -2.17. The second-order valence-electron chi connectivity index (χ2n) is 7.90. The predicted octanol–water partition coefficient (Wildman–Crippen LogP) is 3.94. The largest absolute Gasteiger partial charge is 0.360 e. The zero-order chi connectivity index (χ0) is 18.5. The first kappa shape index (κ1) is 16.6. The second-order valence-corrected chi connectivity index (χ2v) is 7.90. The van der Waals surface area contributed by atoms with Gasteiger partial charge < -0.3 is 14.8 Å². The molecule has 1 aromatic carbocycles. The van der Waals surface area contributed by atoms with Crippen LogP contribution in [0.2, 0.25) is 0 Å². The van der Waals surface area contributed by atoms with Gasteiger partial charge in [0, 0.05) is 29.1 Å². The van der Waals surface area contributed by atoms with Crippen LogP contribution in [0.3, 0.4) is 0 Å². The number of pyridine rings is 1. The summed E-state index contributed by atoms with van der Waals surface area (Å²) in [4.78, 5) is 27.2. The molecule has 4 rings (SSSR count). The molecule has 2 heterocycles. The van der Waals surface area contributed by atoms with Crippen LogP contribution >= 0.6 is 0 Å². The Labute approximate surface area is 150 Å². The Morgan fingerprint density at radius 1 is 1.23 bits per heavy atom. The average molecular weight is 351 g/mol. The maximum absolute atomic E-state index is 12.4. The third kappa shape index (κ3) is 3.14. The molecular weight excluding hydrogens is 330 g/mol. The van der Waals surface area contributed by atoms with Crippen molar-refractivity contribution in [1.82, 2.24) is 10.1 Å². The first-order valence-electron chi connectivity index (χ1n) is 8.77. The number of anilines is 1. The molecule has 3 aromatic rings. The van der Waals surface area contributed by atoms with Gasteiger partial charge in [0.2, 0.25) is 5.56 Å². The highest BCUT2D eigenvalue weighted by Crippen LogP contribution is 2.40. The fourth-order valence-corrected chi connectivity index (χ4v) is 3.11. The number of aromatic amines is 1. The van der Waals surface area contributed by atoms with Gasteiger partial charge in [-0.3, -0.25) is 9.59 Å². The van der Waals surface area contributed by atoms with E-state index in [4.69, 9.17) is 4.52 Å². The number of carbonyl (C=O) groups excluding carboxylic acids is 1. The summed E-state index contributed by atoms with van der Waals surface area (Å²) in [6, 6.07) is 8.85. The van der Waals surface area contributed by atoms with Crippen molar-refractivity contribution >= 4 is 22.5 Å². The van der Waals surface area contributed by atoms with Crippen LogP contribution in [-0.4, -0.2) is 16.0 Å². The molecule has 134 valence electrons. The van der Waals surface area contributed by atoms with Crippen LogP contribution in [0.5, 0.6) is 0 Å². The summed E-state index contributed by atoms with van der Waals surface area (Å²) >= 11 is 0. The normalized spacial score (nSPS) is 14.6. The van der Waals surface area contributed by atoms with Crippen molar-refractivity contribution in [3.8, 4) is 0 Å². The number of rotatable bonds is 3. The van der Waals surface area contributed by atoms with Gasteiger partial charge in [-0.2, -0.15) is 0 Å². The lowest BCUT2D eigenvalue weighted by molar-refractivity contribution is 0.101. The fourth-order valence-electron chi connectivity index (χ4n) is 3.11. The van der Waals surface area contributed by atoms with E-state index in [0.29, 0.717) is 17.1 Å². The van der Waals surface area contributed by atoms with Crippen LogP contribution in [0, 0.1) is 0 Å². The Kier molecular flexibility index (Phi) is 3.72. The standard InChI is InChI=1S/C20H21N3O3/c1-20(2,3)14-9-18(24)22-15-8-12(6-7-13(14)15)21-19(25)16-10-17(26-23-16)11-4-5-11/h6-11H,4-5H2,1-3H3,(H,21,25)(H,22,24). The summed E-state index contributed by atoms with van der Waals surface area (Å²) in [6.45, 7) is 6.21. The van der Waals surface area contributed by atoms with Crippen LogP contribution in [-0.2, 0) is 5.41 Å². The number of nitrogens with one attached hydrogen (secondary N) is 2. The second kappa shape index (κ2) is 5.83. The minimum absolute atomic E-state index is 0.156. The first-order chi connectivity index (χ1) is 12.3. The van der Waals surface area contributed by atoms with E-state index < -0.39 is 0 Å². The number of hydrogen-bond acceptors (Lipinski definition) is 4. The molecule has 0 saturated heterocycles. The van der Waals surface area contributed by atoms with E-state index >= 15 is 0 Å². The van der Waals surface area contributed by atoms with E-state index in [1.807, 2.05) is 12.1 Å². The number of hydrogen-bond donors (Lipinski definition) is 2. The average Bonchev–Trinajstić information content (AvgIpc) is 3.29. The highest BCUT2D eigenvalue weighted by molar-refractivity contribution is 6.03. The molecule has 0 unspecified atom stereocenters. The van der Waals surface area contributed by atoms with Gasteiger partial charge in [-0.25, -0.2) is 0 Å². The predicted molar refractivity (Wildman–Crippen MR) is 99.7 cm³/mol. The van der Waals surface area contributed by atoms with Gasteiger partial charge >= 0.3 is 0 Å². The Morgan fingerprint density at radius 2 is 2.00 bits per heavy atom. The molecule has 2 aromatic heterocycles. The van der Waals surface area contributed by atoms with E-state index in [1.165, 1.54) is 0 Å². The summed E-state index contributed by atoms with van der Waals surface area (Å²) in [5, 5.41) is 7.63. The number of benzene rings is 1. The Bertz CT molecular complexity index is 1050. The number of nitrogens with zero attached hydrogens (tertiary/aromatic N) is 1. The van der Waals surface area contributed by atoms with Gasteiger partial charge in [-0.05, 0) is 36.0 Å². The van der Waals surface area contributed by atoms with E-state index in [1.54, 1.807) is 18.2 Å². The first-order valence-corrected chi connectivity index (χ1v) is 8.77. The molecule has 1 aliphatic rings. The molecule has 0 spiro atoms. The van der Waals surface area contributed by atoms with Gasteiger partial charge in [0.25, 0.3) is 5.91 Å². The van der Waals surface area contributed by atoms with Crippen molar-refractivity contribution in [2.45, 2.75) is 44.9 Å². The summed E-state index contributed by atoms with van der Waals surface area (Å²) in [5.74, 6) is 0.854. The molecule has 0 atom stereocenters. The molecule has 1 aliphatic carbocycles. The van der Waals surface area contributed by atoms with Gasteiger partial charge in [0.1, 0.15) is 5.76 Å². The van der Waals surface area contributed by atoms with Crippen molar-refractivity contribution in [2.75, 3.05) is 5.32 Å². The molecule has 0 radical (unpaired) electrons. The smallest absolute Gasteiger partial charge is 0.277 e. The minimum Gasteiger partial charge on any atom is -0.360 e. The molecule has 26 heavy (non-hydrogen) atoms. The molecule has 1 amide bonds. The molecular formula is C20H21N3O3. The third-order valence-corrected chi connectivity index (χ3v) is 4.65. The molecule has 0 aliphatic heterocycles. The van der Waals surface area contributed by atoms with Crippen molar-refractivity contribution in [3.05, 3.63) is 57.7 Å². The number of carbonyl (C=O) groups is 1. The molecule has 1 saturated carbocycles. The maximum Gasteiger partial charge on any atom is 0.277 e. The number of aromatic nitrogens is 2. The highest BCUT2D eigenvalue weighted by Gasteiger charge is 2.29. The van der Waals surface area contributed by atoms with Crippen molar-refractivity contribution < 1.29 is 9.32 Å². The van der Waals surface area contributed by atoms with Crippen LogP contribution in [0.1, 0.15) is 61.3 Å². The van der Waals surface area contributed by atoms with Crippen LogP contribution in [0.25, 0.3) is 10.9 Å². The van der Waals surface area contributed by atoms with Gasteiger partial charge in [0.05, 0.1) is 5.52 Å². The molecule has 1 fully saturated rings. The monoisotopic (exact) mass is 351 g/mol. The van der Waals surface area contributed by atoms with Crippen LogP contribution in [0.4, 0.5) is 5.69 Å². The fraction of sp³-hybridized carbons (Fsp3) is 0.350. The third-order valence-electron chi connectivity index (χ3n) is 4.65. The van der Waals surface area contributed by atoms with Crippen molar-refractivity contribution in [3.63, 3.8) is 0 Å². The summed E-state index contributed by atoms with van der Waals surface area (Å²) in [6.07, 6.45) is 2.18. The number of amides is 1. The minimum atomic E-state index is -0.325. The molecule has 2 N–H and O–H groups in total. The van der Waals surface area contributed by atoms with Crippen molar-refractivity contribution in [2.24, 2.45) is 0 Å². The van der Waals surface area contributed by atoms with E-state index in [9.17, 15) is 9.59 Å². The number of H-pyrrole nitrogens is 1. The summed E-state index contributed by atoms with van der Waals surface area (Å²) < 4.78 is 5.23. The zero-order valence-electron chi connectivity index (χ0n) is 15.1. The van der Waals surface area contributed by atoms with Crippen molar-refractivity contribution in [1.29, 1.82) is 0 Å². The molecule has 6 nitrogen and oxygen atoms in total. The van der Waals surface area contributed by atoms with Crippen LogP contribution < -0.4 is 10.9 Å². The van der Waals surface area contributed by atoms with Gasteiger partial charge in [0.15, 0.2) is 5.69 Å². The van der Waals surface area contributed by atoms with E-state index in [0.717, 1.165) is 29.6 Å². The lowest BCUT2D eigenvalue weighted by atomic mass is 9.85. The Balaban J connectivity index is 1.64. The van der Waals surface area contributed by atoms with E-state index in [-0.39, 0.29) is 22.6 Å². The topological polar surface area (TPSA) is 88.0 Å². The van der Waals surface area contributed by atoms with Gasteiger partial charge in [-0.1, -0.05) is 32.0 Å². The number of fused-ring (bicyclic) bond motifs is 1. The van der Waals surface area contributed by atoms with Gasteiger partial charge in [-0.15, -0.1) is 0 Å². The maximum atomic E-state index is 12.4. The van der Waals surface area contributed by atoms with Crippen LogP contribution in [0.15, 0.2) is 39.6 Å².